The number of rotatable bonds is 21. The maximum absolute atomic E-state index is 12.8. The Kier molecular flexibility index (Phi) is 16.5. The standard InChI is InChI=1S/C32H58N8O9/c1-19(2)8-6-11-31(3,4)26-25(47-5)22(10-12-32(26)18-48-32)49-30(46)38-15-14-36-28(45)21(16-24(42)43)40-23(41)17-39-27(44)20(33)9-7-13-37-29(34)35/h19-22,25-26H,6-18,33H2,1-5H3,(H,36,45)(H,38,46)(H,39,44)(H,40,41)(H,42,43)(H4,34,35,37)/t20-,21-,22-,25-,26-,32+/m1/s1. The van der Waals surface area contributed by atoms with Gasteiger partial charge in [-0.2, -0.15) is 0 Å². The number of nitrogens with zero attached hydrogens (tertiary/aromatic N) is 1. The van der Waals surface area contributed by atoms with E-state index in [9.17, 15) is 29.1 Å². The van der Waals surface area contributed by atoms with Crippen molar-refractivity contribution in [2.45, 2.75) is 109 Å². The smallest absolute Gasteiger partial charge is 0.407 e. The first-order chi connectivity index (χ1) is 23.0. The summed E-state index contributed by atoms with van der Waals surface area (Å²) in [7, 11) is 1.63. The summed E-state index contributed by atoms with van der Waals surface area (Å²) >= 11 is 0. The van der Waals surface area contributed by atoms with E-state index < -0.39 is 60.9 Å². The predicted molar refractivity (Wildman–Crippen MR) is 181 cm³/mol. The molecule has 0 aromatic heterocycles. The van der Waals surface area contributed by atoms with Crippen molar-refractivity contribution < 1.29 is 43.3 Å². The van der Waals surface area contributed by atoms with Gasteiger partial charge in [0.25, 0.3) is 0 Å². The van der Waals surface area contributed by atoms with Gasteiger partial charge in [-0.1, -0.05) is 40.5 Å². The summed E-state index contributed by atoms with van der Waals surface area (Å²) in [6.07, 6.45) is 3.03. The van der Waals surface area contributed by atoms with Gasteiger partial charge in [-0.25, -0.2) is 4.79 Å². The molecule has 1 spiro atoms. The summed E-state index contributed by atoms with van der Waals surface area (Å²) in [4.78, 5) is 65.2. The van der Waals surface area contributed by atoms with Crippen LogP contribution in [0, 0.1) is 17.3 Å². The number of carboxylic acid groups (broad SMARTS) is 1. The number of methoxy groups -OCH3 is 1. The molecular weight excluding hydrogens is 640 g/mol. The number of carboxylic acids is 1. The molecule has 280 valence electrons. The van der Waals surface area contributed by atoms with Crippen molar-refractivity contribution in [2.75, 3.05) is 39.9 Å². The number of hydrogen-bond acceptors (Lipinski definition) is 10. The monoisotopic (exact) mass is 698 g/mol. The third-order valence-corrected chi connectivity index (χ3v) is 9.06. The molecule has 4 amide bonds. The van der Waals surface area contributed by atoms with Gasteiger partial charge >= 0.3 is 12.1 Å². The van der Waals surface area contributed by atoms with Crippen LogP contribution < -0.4 is 38.5 Å². The van der Waals surface area contributed by atoms with Crippen molar-refractivity contribution in [2.24, 2.45) is 39.4 Å². The van der Waals surface area contributed by atoms with Crippen LogP contribution in [0.15, 0.2) is 4.99 Å². The number of aliphatic carboxylic acids is 1. The van der Waals surface area contributed by atoms with Crippen LogP contribution in [-0.2, 0) is 33.4 Å². The number of hydrogen-bond donors (Lipinski definition) is 8. The number of amides is 4. The zero-order chi connectivity index (χ0) is 36.8. The summed E-state index contributed by atoms with van der Waals surface area (Å²) in [5.41, 5.74) is 15.9. The van der Waals surface area contributed by atoms with Gasteiger partial charge in [-0.3, -0.25) is 24.2 Å². The molecule has 1 aliphatic carbocycles. The van der Waals surface area contributed by atoms with Crippen LogP contribution in [0.1, 0.15) is 79.1 Å². The maximum Gasteiger partial charge on any atom is 0.407 e. The van der Waals surface area contributed by atoms with E-state index in [2.05, 4.69) is 54.0 Å². The Bertz CT molecular complexity index is 1160. The molecule has 11 N–H and O–H groups in total. The van der Waals surface area contributed by atoms with Crippen molar-refractivity contribution in [3.8, 4) is 0 Å². The molecule has 6 atom stereocenters. The van der Waals surface area contributed by atoms with Crippen LogP contribution in [0.2, 0.25) is 0 Å². The molecule has 0 aromatic rings. The zero-order valence-corrected chi connectivity index (χ0v) is 29.5. The first kappa shape index (κ1) is 41.5. The maximum atomic E-state index is 12.8. The van der Waals surface area contributed by atoms with Gasteiger partial charge < -0.3 is 57.8 Å². The molecule has 0 aromatic carbocycles. The largest absolute Gasteiger partial charge is 0.481 e. The second-order valence-corrected chi connectivity index (χ2v) is 14.0. The highest BCUT2D eigenvalue weighted by Gasteiger charge is 2.63. The molecule has 1 saturated carbocycles. The van der Waals surface area contributed by atoms with Crippen LogP contribution in [-0.4, -0.2) is 111 Å². The summed E-state index contributed by atoms with van der Waals surface area (Å²) < 4.78 is 17.8. The van der Waals surface area contributed by atoms with E-state index in [0.717, 1.165) is 25.7 Å². The molecule has 2 aliphatic rings. The highest BCUT2D eigenvalue weighted by Crippen LogP contribution is 2.56. The number of carbonyl (C=O) groups excluding carboxylic acids is 4. The van der Waals surface area contributed by atoms with Gasteiger partial charge in [0.1, 0.15) is 18.2 Å². The number of aliphatic imine (C=N–C) groups is 1. The molecule has 0 bridgehead atoms. The average Bonchev–Trinajstić information content (AvgIpc) is 3.78. The predicted octanol–water partition coefficient (Wildman–Crippen LogP) is -0.299. The number of nitrogens with one attached hydrogen (secondary N) is 4. The molecule has 1 heterocycles. The van der Waals surface area contributed by atoms with E-state index in [-0.39, 0.29) is 55.1 Å². The van der Waals surface area contributed by atoms with Gasteiger partial charge in [0.15, 0.2) is 5.96 Å². The van der Waals surface area contributed by atoms with Crippen molar-refractivity contribution in [1.29, 1.82) is 0 Å². The van der Waals surface area contributed by atoms with Crippen LogP contribution in [0.3, 0.4) is 0 Å². The lowest BCUT2D eigenvalue weighted by atomic mass is 9.61. The zero-order valence-electron chi connectivity index (χ0n) is 29.5. The van der Waals surface area contributed by atoms with Crippen molar-refractivity contribution in [3.63, 3.8) is 0 Å². The van der Waals surface area contributed by atoms with Gasteiger partial charge in [-0.15, -0.1) is 0 Å². The Balaban J connectivity index is 1.82. The van der Waals surface area contributed by atoms with E-state index >= 15 is 0 Å². The normalized spacial score (nSPS) is 22.8. The molecule has 49 heavy (non-hydrogen) atoms. The Morgan fingerprint density at radius 2 is 1.71 bits per heavy atom. The third-order valence-electron chi connectivity index (χ3n) is 9.06. The van der Waals surface area contributed by atoms with Crippen LogP contribution in [0.25, 0.3) is 0 Å². The molecular formula is C32H58N8O9. The van der Waals surface area contributed by atoms with Crippen molar-refractivity contribution >= 4 is 35.7 Å². The first-order valence-corrected chi connectivity index (χ1v) is 17.0. The number of nitrogens with two attached hydrogens (primary N) is 3. The van der Waals surface area contributed by atoms with Crippen molar-refractivity contribution in [1.82, 2.24) is 21.3 Å². The van der Waals surface area contributed by atoms with Crippen LogP contribution >= 0.6 is 0 Å². The van der Waals surface area contributed by atoms with Crippen molar-refractivity contribution in [3.05, 3.63) is 0 Å². The van der Waals surface area contributed by atoms with E-state index in [1.165, 1.54) is 0 Å². The Morgan fingerprint density at radius 1 is 1.04 bits per heavy atom. The minimum Gasteiger partial charge on any atom is -0.481 e. The van der Waals surface area contributed by atoms with Crippen LogP contribution in [0.5, 0.6) is 0 Å². The summed E-state index contributed by atoms with van der Waals surface area (Å²) in [5, 5.41) is 19.0. The molecule has 1 aliphatic heterocycles. The molecule has 0 radical (unpaired) electrons. The lowest BCUT2D eigenvalue weighted by molar-refractivity contribution is -0.140. The minimum absolute atomic E-state index is 0.0169. The number of epoxide rings is 1. The van der Waals surface area contributed by atoms with E-state index in [4.69, 9.17) is 31.4 Å². The quantitative estimate of drug-likeness (QED) is 0.0332. The number of alkyl carbamates (subject to hydrolysis) is 1. The summed E-state index contributed by atoms with van der Waals surface area (Å²) in [5.74, 6) is -2.93. The molecule has 1 saturated heterocycles. The lowest BCUT2D eigenvalue weighted by Gasteiger charge is -2.48. The van der Waals surface area contributed by atoms with Gasteiger partial charge in [0, 0.05) is 32.7 Å². The fraction of sp³-hybridized carbons (Fsp3) is 0.812. The summed E-state index contributed by atoms with van der Waals surface area (Å²) in [6.45, 7) is 9.22. The SMILES string of the molecule is CO[C@H]1[C@H](C(C)(C)CCCC(C)C)[C@]2(CC[C@H]1OC(=O)NCCNC(=O)[C@@H](CC(=O)O)NC(=O)CNC(=O)[C@H](N)CCCN=C(N)N)CO2. The molecule has 17 nitrogen and oxygen atoms in total. The lowest BCUT2D eigenvalue weighted by Crippen LogP contribution is -2.56. The van der Waals surface area contributed by atoms with Gasteiger partial charge in [0.05, 0.1) is 31.2 Å². The fourth-order valence-electron chi connectivity index (χ4n) is 6.56. The topological polar surface area (TPSA) is 275 Å². The Labute approximate surface area is 288 Å². The summed E-state index contributed by atoms with van der Waals surface area (Å²) in [6, 6.07) is -2.35. The number of guanidine groups is 1. The van der Waals surface area contributed by atoms with E-state index in [1.54, 1.807) is 7.11 Å². The Morgan fingerprint density at radius 3 is 2.31 bits per heavy atom. The molecule has 17 heteroatoms. The average molecular weight is 699 g/mol. The minimum atomic E-state index is -1.43. The highest BCUT2D eigenvalue weighted by atomic mass is 16.6. The number of carbonyl (C=O) groups is 5. The highest BCUT2D eigenvalue weighted by molar-refractivity contribution is 5.92. The van der Waals surface area contributed by atoms with Gasteiger partial charge in [-0.05, 0) is 43.4 Å². The fourth-order valence-corrected chi connectivity index (χ4v) is 6.56. The molecule has 2 rings (SSSR count). The molecule has 0 unspecified atom stereocenters. The Hall–Kier alpha value is -3.70. The van der Waals surface area contributed by atoms with Gasteiger partial charge in [0.2, 0.25) is 17.7 Å². The first-order valence-electron chi connectivity index (χ1n) is 17.0. The number of ether oxygens (including phenoxy) is 3. The third kappa shape index (κ3) is 14.0. The van der Waals surface area contributed by atoms with E-state index in [0.29, 0.717) is 25.4 Å². The second kappa shape index (κ2) is 19.5. The van der Waals surface area contributed by atoms with E-state index in [1.807, 2.05) is 0 Å². The van der Waals surface area contributed by atoms with Crippen LogP contribution in [0.4, 0.5) is 4.79 Å². The second-order valence-electron chi connectivity index (χ2n) is 14.0. The molecule has 2 fully saturated rings.